The van der Waals surface area contributed by atoms with Gasteiger partial charge >= 0.3 is 5.97 Å². The maximum absolute atomic E-state index is 11.7. The van der Waals surface area contributed by atoms with E-state index in [2.05, 4.69) is 15.3 Å². The Labute approximate surface area is 125 Å². The predicted octanol–water partition coefficient (Wildman–Crippen LogP) is 2.80. The first-order valence-corrected chi connectivity index (χ1v) is 8.01. The Hall–Kier alpha value is -1.65. The summed E-state index contributed by atoms with van der Waals surface area (Å²) >= 11 is 0. The molecule has 2 N–H and O–H groups in total. The van der Waals surface area contributed by atoms with E-state index in [-0.39, 0.29) is 0 Å². The molecule has 114 valence electrons. The zero-order valence-corrected chi connectivity index (χ0v) is 12.4. The number of aryl methyl sites for hydroxylation is 1. The van der Waals surface area contributed by atoms with Gasteiger partial charge in [-0.3, -0.25) is 4.79 Å². The highest BCUT2D eigenvalue weighted by atomic mass is 16.4. The van der Waals surface area contributed by atoms with E-state index in [4.69, 9.17) is 0 Å². The van der Waals surface area contributed by atoms with Crippen molar-refractivity contribution < 1.29 is 9.90 Å². The number of hydrogen-bond acceptors (Lipinski definition) is 4. The maximum atomic E-state index is 11.7. The van der Waals surface area contributed by atoms with Gasteiger partial charge in [-0.05, 0) is 38.5 Å². The Morgan fingerprint density at radius 3 is 2.67 bits per heavy atom. The van der Waals surface area contributed by atoms with Crippen LogP contribution >= 0.6 is 0 Å². The fourth-order valence-corrected chi connectivity index (χ4v) is 3.62. The Balaban J connectivity index is 1.76. The number of nitrogens with one attached hydrogen (secondary N) is 1. The smallest absolute Gasteiger partial charge is 0.311 e. The summed E-state index contributed by atoms with van der Waals surface area (Å²) in [6, 6.07) is 0. The normalized spacial score (nSPS) is 20.6. The van der Waals surface area contributed by atoms with Crippen LogP contribution in [-0.2, 0) is 17.6 Å². The molecular weight excluding hydrogens is 266 g/mol. The number of aromatic nitrogens is 2. The van der Waals surface area contributed by atoms with Crippen LogP contribution in [0.15, 0.2) is 6.33 Å². The first-order valence-electron chi connectivity index (χ1n) is 8.01. The van der Waals surface area contributed by atoms with Gasteiger partial charge in [0.1, 0.15) is 12.1 Å². The molecule has 2 aliphatic rings. The van der Waals surface area contributed by atoms with Crippen LogP contribution < -0.4 is 5.32 Å². The van der Waals surface area contributed by atoms with E-state index in [0.717, 1.165) is 56.5 Å². The number of carbonyl (C=O) groups is 1. The average Bonchev–Trinajstić information content (AvgIpc) is 2.53. The molecule has 3 rings (SSSR count). The molecule has 0 spiro atoms. The fourth-order valence-electron chi connectivity index (χ4n) is 3.62. The highest BCUT2D eigenvalue weighted by Crippen LogP contribution is 2.37. The number of carboxylic acid groups (broad SMARTS) is 1. The van der Waals surface area contributed by atoms with E-state index >= 15 is 0 Å². The van der Waals surface area contributed by atoms with Gasteiger partial charge in [-0.15, -0.1) is 0 Å². The van der Waals surface area contributed by atoms with Crippen LogP contribution in [0.4, 0.5) is 5.82 Å². The fraction of sp³-hybridized carbons (Fsp3) is 0.688. The Morgan fingerprint density at radius 1 is 1.14 bits per heavy atom. The molecule has 1 aromatic heterocycles. The summed E-state index contributed by atoms with van der Waals surface area (Å²) in [6.45, 7) is 0.478. The molecule has 0 amide bonds. The molecule has 0 saturated heterocycles. The van der Waals surface area contributed by atoms with E-state index in [1.54, 1.807) is 6.33 Å². The summed E-state index contributed by atoms with van der Waals surface area (Å²) in [4.78, 5) is 20.4. The third kappa shape index (κ3) is 2.87. The molecule has 0 aromatic carbocycles. The lowest BCUT2D eigenvalue weighted by molar-refractivity contribution is -0.150. The average molecular weight is 289 g/mol. The van der Waals surface area contributed by atoms with Crippen LogP contribution in [0.2, 0.25) is 0 Å². The monoisotopic (exact) mass is 289 g/mol. The molecule has 0 unspecified atom stereocenters. The van der Waals surface area contributed by atoms with Crippen molar-refractivity contribution in [3.8, 4) is 0 Å². The molecule has 5 nitrogen and oxygen atoms in total. The standard InChI is InChI=1S/C16H23N3O2/c20-15(21)16(8-4-1-5-9-16)10-17-14-12-6-2-3-7-13(12)18-11-19-14/h11H,1-10H2,(H,20,21)(H,17,18,19). The van der Waals surface area contributed by atoms with E-state index in [1.165, 1.54) is 18.4 Å². The second-order valence-electron chi connectivity index (χ2n) is 6.35. The van der Waals surface area contributed by atoms with Crippen LogP contribution in [0.25, 0.3) is 0 Å². The highest BCUT2D eigenvalue weighted by molar-refractivity contribution is 5.75. The van der Waals surface area contributed by atoms with Gasteiger partial charge in [0.2, 0.25) is 0 Å². The van der Waals surface area contributed by atoms with Crippen molar-refractivity contribution in [3.05, 3.63) is 17.6 Å². The Bertz CT molecular complexity index is 524. The van der Waals surface area contributed by atoms with Crippen molar-refractivity contribution >= 4 is 11.8 Å². The third-order valence-corrected chi connectivity index (χ3v) is 4.98. The van der Waals surface area contributed by atoms with Gasteiger partial charge in [0.25, 0.3) is 0 Å². The minimum atomic E-state index is -0.669. The third-order valence-electron chi connectivity index (χ3n) is 4.98. The van der Waals surface area contributed by atoms with Crippen LogP contribution in [0.3, 0.4) is 0 Å². The van der Waals surface area contributed by atoms with Crippen molar-refractivity contribution in [2.75, 3.05) is 11.9 Å². The number of fused-ring (bicyclic) bond motifs is 1. The molecule has 1 aromatic rings. The molecule has 0 aliphatic heterocycles. The molecule has 0 bridgehead atoms. The van der Waals surface area contributed by atoms with Gasteiger partial charge < -0.3 is 10.4 Å². The second-order valence-corrected chi connectivity index (χ2v) is 6.35. The minimum Gasteiger partial charge on any atom is -0.481 e. The van der Waals surface area contributed by atoms with Crippen molar-refractivity contribution in [3.63, 3.8) is 0 Å². The van der Waals surface area contributed by atoms with Gasteiger partial charge in [-0.25, -0.2) is 9.97 Å². The quantitative estimate of drug-likeness (QED) is 0.891. The van der Waals surface area contributed by atoms with Crippen LogP contribution in [0.5, 0.6) is 0 Å². The lowest BCUT2D eigenvalue weighted by atomic mass is 9.74. The number of carboxylic acids is 1. The molecule has 1 saturated carbocycles. The van der Waals surface area contributed by atoms with E-state index in [0.29, 0.717) is 6.54 Å². The molecule has 21 heavy (non-hydrogen) atoms. The lowest BCUT2D eigenvalue weighted by Crippen LogP contribution is -2.40. The number of hydrogen-bond donors (Lipinski definition) is 2. The van der Waals surface area contributed by atoms with Crippen molar-refractivity contribution in [1.82, 2.24) is 9.97 Å². The van der Waals surface area contributed by atoms with Gasteiger partial charge in [-0.2, -0.15) is 0 Å². The summed E-state index contributed by atoms with van der Waals surface area (Å²) in [5.41, 5.74) is 1.71. The van der Waals surface area contributed by atoms with Crippen molar-refractivity contribution in [2.45, 2.75) is 57.8 Å². The molecule has 0 atom stereocenters. The number of rotatable bonds is 4. The summed E-state index contributed by atoms with van der Waals surface area (Å²) in [5.74, 6) is 0.184. The molecule has 1 fully saturated rings. The number of nitrogens with zero attached hydrogens (tertiary/aromatic N) is 2. The van der Waals surface area contributed by atoms with Gasteiger partial charge in [0.05, 0.1) is 5.41 Å². The highest BCUT2D eigenvalue weighted by Gasteiger charge is 2.39. The van der Waals surface area contributed by atoms with Crippen LogP contribution in [-0.4, -0.2) is 27.6 Å². The maximum Gasteiger partial charge on any atom is 0.311 e. The topological polar surface area (TPSA) is 75.1 Å². The summed E-state index contributed by atoms with van der Waals surface area (Å²) < 4.78 is 0. The van der Waals surface area contributed by atoms with Crippen LogP contribution in [0, 0.1) is 5.41 Å². The Kier molecular flexibility index (Phi) is 4.08. The SMILES string of the molecule is O=C(O)C1(CNc2ncnc3c2CCCC3)CCCCC1. The first kappa shape index (κ1) is 14.3. The van der Waals surface area contributed by atoms with E-state index in [9.17, 15) is 9.90 Å². The van der Waals surface area contributed by atoms with E-state index < -0.39 is 11.4 Å². The van der Waals surface area contributed by atoms with Gasteiger partial charge in [0, 0.05) is 17.8 Å². The minimum absolute atomic E-state index is 0.478. The molecule has 2 aliphatic carbocycles. The van der Waals surface area contributed by atoms with Crippen LogP contribution in [0.1, 0.15) is 56.2 Å². The van der Waals surface area contributed by atoms with Crippen molar-refractivity contribution in [2.24, 2.45) is 5.41 Å². The Morgan fingerprint density at radius 2 is 1.90 bits per heavy atom. The van der Waals surface area contributed by atoms with Gasteiger partial charge in [-0.1, -0.05) is 19.3 Å². The predicted molar refractivity (Wildman–Crippen MR) is 80.3 cm³/mol. The van der Waals surface area contributed by atoms with E-state index in [1.807, 2.05) is 0 Å². The summed E-state index contributed by atoms with van der Waals surface area (Å²) in [7, 11) is 0. The summed E-state index contributed by atoms with van der Waals surface area (Å²) in [6.07, 6.45) is 10.7. The largest absolute Gasteiger partial charge is 0.481 e. The molecular formula is C16H23N3O2. The van der Waals surface area contributed by atoms with Gasteiger partial charge in [0.15, 0.2) is 0 Å². The summed E-state index contributed by atoms with van der Waals surface area (Å²) in [5, 5.41) is 13.0. The second kappa shape index (κ2) is 6.00. The number of aliphatic carboxylic acids is 1. The zero-order valence-electron chi connectivity index (χ0n) is 12.4. The molecule has 5 heteroatoms. The first-order chi connectivity index (χ1) is 10.2. The van der Waals surface area contributed by atoms with Crippen molar-refractivity contribution in [1.29, 1.82) is 0 Å². The molecule has 0 radical (unpaired) electrons. The number of anilines is 1. The molecule has 1 heterocycles. The lowest BCUT2D eigenvalue weighted by Gasteiger charge is -2.33. The zero-order chi connectivity index (χ0) is 14.7.